The average Bonchev–Trinajstić information content (AvgIpc) is 3.26. The molecule has 2 saturated heterocycles. The van der Waals surface area contributed by atoms with Crippen LogP contribution < -0.4 is 5.73 Å². The molecular formula is C26H38N2O9S2. The van der Waals surface area contributed by atoms with Gasteiger partial charge in [0.05, 0.1) is 11.5 Å². The van der Waals surface area contributed by atoms with Crippen molar-refractivity contribution in [3.63, 3.8) is 0 Å². The highest BCUT2D eigenvalue weighted by Crippen LogP contribution is 2.49. The second-order valence-corrected chi connectivity index (χ2v) is 14.5. The quantitative estimate of drug-likeness (QED) is 0.483. The van der Waals surface area contributed by atoms with Gasteiger partial charge in [-0.25, -0.2) is 13.2 Å². The molecule has 0 saturated carbocycles. The summed E-state index contributed by atoms with van der Waals surface area (Å²) >= 11 is 1.27. The van der Waals surface area contributed by atoms with Crippen LogP contribution in [0.25, 0.3) is 0 Å². The highest BCUT2D eigenvalue weighted by atomic mass is 32.2. The van der Waals surface area contributed by atoms with E-state index in [1.165, 1.54) is 26.0 Å². The molecule has 3 heterocycles. The molecule has 2 N–H and O–H groups in total. The van der Waals surface area contributed by atoms with Gasteiger partial charge in [-0.05, 0) is 19.4 Å². The lowest BCUT2D eigenvalue weighted by Crippen LogP contribution is -2.72. The first-order valence-electron chi connectivity index (χ1n) is 12.7. The smallest absolute Gasteiger partial charge is 0.405 e. The zero-order valence-corrected chi connectivity index (χ0v) is 24.9. The largest absolute Gasteiger partial charge is 0.439 e. The highest BCUT2D eigenvalue weighted by molar-refractivity contribution is 8.14. The molecule has 0 spiro atoms. The average molecular weight is 587 g/mol. The second-order valence-electron chi connectivity index (χ2n) is 11.3. The van der Waals surface area contributed by atoms with Gasteiger partial charge >= 0.3 is 6.09 Å². The van der Waals surface area contributed by atoms with Crippen molar-refractivity contribution >= 4 is 32.7 Å². The second kappa shape index (κ2) is 10.9. The summed E-state index contributed by atoms with van der Waals surface area (Å²) in [6.07, 6.45) is -4.15. The van der Waals surface area contributed by atoms with Gasteiger partial charge in [0, 0.05) is 19.6 Å². The monoisotopic (exact) mass is 586 g/mol. The normalized spacial score (nSPS) is 35.5. The van der Waals surface area contributed by atoms with E-state index in [1.54, 1.807) is 38.1 Å². The Morgan fingerprint density at radius 1 is 1.10 bits per heavy atom. The number of nitrogens with zero attached hydrogens (tertiary/aromatic N) is 1. The van der Waals surface area contributed by atoms with Gasteiger partial charge in [-0.1, -0.05) is 62.9 Å². The van der Waals surface area contributed by atoms with Gasteiger partial charge < -0.3 is 34.2 Å². The molecule has 3 aliphatic heterocycles. The molecule has 8 atom stereocenters. The topological polar surface area (TPSA) is 145 Å². The lowest BCUT2D eigenvalue weighted by atomic mass is 9.89. The van der Waals surface area contributed by atoms with Gasteiger partial charge in [-0.3, -0.25) is 4.99 Å². The lowest BCUT2D eigenvalue weighted by molar-refractivity contribution is -0.462. The van der Waals surface area contributed by atoms with Crippen LogP contribution in [0.2, 0.25) is 0 Å². The summed E-state index contributed by atoms with van der Waals surface area (Å²) in [5.74, 6) is -3.17. The molecule has 0 radical (unpaired) electrons. The Kier molecular flexibility index (Phi) is 8.46. The lowest BCUT2D eigenvalue weighted by Gasteiger charge is -2.56. The fourth-order valence-corrected chi connectivity index (χ4v) is 8.10. The third kappa shape index (κ3) is 6.14. The molecule has 1 unspecified atom stereocenters. The zero-order valence-electron chi connectivity index (χ0n) is 23.3. The molecule has 3 aliphatic rings. The fourth-order valence-electron chi connectivity index (χ4n) is 5.01. The highest BCUT2D eigenvalue weighted by Gasteiger charge is 2.64. The number of benzene rings is 1. The number of methoxy groups -OCH3 is 2. The van der Waals surface area contributed by atoms with Crippen molar-refractivity contribution in [2.75, 3.05) is 20.0 Å². The zero-order chi connectivity index (χ0) is 28.8. The predicted molar refractivity (Wildman–Crippen MR) is 146 cm³/mol. The Morgan fingerprint density at radius 2 is 1.69 bits per heavy atom. The molecule has 1 aromatic carbocycles. The number of sulfone groups is 1. The van der Waals surface area contributed by atoms with Crippen LogP contribution in [0.1, 0.15) is 40.2 Å². The maximum absolute atomic E-state index is 13.3. The number of nitrogens with two attached hydrogens (primary N) is 1. The standard InChI is InChI=1S/C26H38N2O9S2/c1-24(2,3)20(35-23(27)29)21-28-17-19-18(36-25(4,32-6)26(5,33-7)37-19)16(34-22(17)38-21)14-39(30,31)13-15-11-9-8-10-12-15/h8-12,16-20,22H,13-14H2,1-7H3,(H2,27,29)/t16-,17-,18-,19-,20?,22-,25+,26+/m1/s1. The van der Waals surface area contributed by atoms with E-state index >= 15 is 0 Å². The molecule has 0 aliphatic carbocycles. The Hall–Kier alpha value is -1.74. The Balaban J connectivity index is 1.69. The first-order valence-corrected chi connectivity index (χ1v) is 15.4. The maximum Gasteiger partial charge on any atom is 0.405 e. The molecule has 2 fully saturated rings. The number of amides is 1. The summed E-state index contributed by atoms with van der Waals surface area (Å²) < 4.78 is 62.8. The summed E-state index contributed by atoms with van der Waals surface area (Å²) in [6, 6.07) is 8.36. The molecule has 218 valence electrons. The van der Waals surface area contributed by atoms with Gasteiger partial charge in [0.15, 0.2) is 15.9 Å². The van der Waals surface area contributed by atoms with E-state index in [-0.39, 0.29) is 11.5 Å². The summed E-state index contributed by atoms with van der Waals surface area (Å²) in [7, 11) is -0.682. The molecule has 0 bridgehead atoms. The third-order valence-electron chi connectivity index (χ3n) is 7.35. The summed E-state index contributed by atoms with van der Waals surface area (Å²) in [4.78, 5) is 16.6. The van der Waals surface area contributed by atoms with E-state index in [0.717, 1.165) is 0 Å². The maximum atomic E-state index is 13.3. The number of hydrogen-bond acceptors (Lipinski definition) is 11. The number of primary amides is 1. The molecule has 1 aromatic rings. The van der Waals surface area contributed by atoms with Crippen molar-refractivity contribution in [3.8, 4) is 0 Å². The van der Waals surface area contributed by atoms with Gasteiger partial charge in [0.2, 0.25) is 11.6 Å². The first-order chi connectivity index (χ1) is 18.1. The number of hydrogen-bond donors (Lipinski definition) is 1. The third-order valence-corrected chi connectivity index (χ3v) is 10.1. The van der Waals surface area contributed by atoms with Crippen LogP contribution in [0.15, 0.2) is 35.3 Å². The van der Waals surface area contributed by atoms with Gasteiger partial charge in [0.25, 0.3) is 0 Å². The fraction of sp³-hybridized carbons (Fsp3) is 0.692. The van der Waals surface area contributed by atoms with Crippen molar-refractivity contribution in [2.24, 2.45) is 16.1 Å². The van der Waals surface area contributed by atoms with Crippen LogP contribution in [0.5, 0.6) is 0 Å². The van der Waals surface area contributed by atoms with Crippen LogP contribution in [0, 0.1) is 5.41 Å². The number of fused-ring (bicyclic) bond motifs is 3. The minimum atomic E-state index is -3.63. The van der Waals surface area contributed by atoms with Crippen LogP contribution in [0.3, 0.4) is 0 Å². The minimum absolute atomic E-state index is 0.148. The first kappa shape index (κ1) is 30.2. The summed E-state index contributed by atoms with van der Waals surface area (Å²) in [5.41, 5.74) is 4.90. The van der Waals surface area contributed by atoms with E-state index in [2.05, 4.69) is 0 Å². The van der Waals surface area contributed by atoms with Gasteiger partial charge in [-0.15, -0.1) is 0 Å². The van der Waals surface area contributed by atoms with Crippen molar-refractivity contribution < 1.29 is 41.6 Å². The molecule has 39 heavy (non-hydrogen) atoms. The van der Waals surface area contributed by atoms with Gasteiger partial charge in [-0.2, -0.15) is 0 Å². The van der Waals surface area contributed by atoms with E-state index in [4.69, 9.17) is 39.1 Å². The van der Waals surface area contributed by atoms with E-state index in [9.17, 15) is 13.2 Å². The summed E-state index contributed by atoms with van der Waals surface area (Å²) in [6.45, 7) is 9.07. The van der Waals surface area contributed by atoms with Crippen LogP contribution in [-0.2, 0) is 44.0 Å². The van der Waals surface area contributed by atoms with Crippen molar-refractivity contribution in [3.05, 3.63) is 35.9 Å². The molecular weight excluding hydrogens is 548 g/mol. The molecule has 4 rings (SSSR count). The number of aliphatic imine (C=N–C) groups is 1. The molecule has 0 aromatic heterocycles. The number of carbonyl (C=O) groups is 1. The minimum Gasteiger partial charge on any atom is -0.439 e. The number of ether oxygens (including phenoxy) is 6. The molecule has 11 nitrogen and oxygen atoms in total. The Morgan fingerprint density at radius 3 is 2.23 bits per heavy atom. The number of thioether (sulfide) groups is 1. The van der Waals surface area contributed by atoms with Crippen LogP contribution >= 0.6 is 11.8 Å². The summed E-state index contributed by atoms with van der Waals surface area (Å²) in [5, 5.41) is 0.505. The van der Waals surface area contributed by atoms with Crippen molar-refractivity contribution in [1.29, 1.82) is 0 Å². The number of carbonyl (C=O) groups excluding carboxylic acids is 1. The van der Waals surface area contributed by atoms with E-state index < -0.39 is 68.8 Å². The Bertz CT molecular complexity index is 1190. The number of rotatable bonds is 8. The van der Waals surface area contributed by atoms with Gasteiger partial charge in [0.1, 0.15) is 34.8 Å². The van der Waals surface area contributed by atoms with Crippen LogP contribution in [-0.4, -0.2) is 87.0 Å². The predicted octanol–water partition coefficient (Wildman–Crippen LogP) is 2.86. The van der Waals surface area contributed by atoms with E-state index in [1.807, 2.05) is 26.8 Å². The van der Waals surface area contributed by atoms with E-state index in [0.29, 0.717) is 10.6 Å². The van der Waals surface area contributed by atoms with Crippen molar-refractivity contribution in [1.82, 2.24) is 0 Å². The molecule has 13 heteroatoms. The molecule has 1 amide bonds. The van der Waals surface area contributed by atoms with Crippen molar-refractivity contribution in [2.45, 2.75) is 87.8 Å². The SMILES string of the molecule is CO[C@@]1(C)O[C@@H]2[C@H]3N=C(C(OC(N)=O)C(C)(C)C)S[C@H]3O[C@H](CS(=O)(=O)Cc3ccccc3)[C@H]2O[C@]1(C)OC. The Labute approximate surface area is 234 Å². The van der Waals surface area contributed by atoms with Crippen LogP contribution in [0.4, 0.5) is 4.79 Å².